The fraction of sp³-hybridized carbons (Fsp3) is 0.393. The van der Waals surface area contributed by atoms with Gasteiger partial charge in [0.25, 0.3) is 5.91 Å². The summed E-state index contributed by atoms with van der Waals surface area (Å²) < 4.78 is 28.2. The molecule has 0 saturated carbocycles. The van der Waals surface area contributed by atoms with Gasteiger partial charge in [-0.15, -0.1) is 0 Å². The summed E-state index contributed by atoms with van der Waals surface area (Å²) >= 11 is 0. The van der Waals surface area contributed by atoms with Crippen LogP contribution in [-0.2, 0) is 13.1 Å². The quantitative estimate of drug-likeness (QED) is 0.521. The second kappa shape index (κ2) is 10.1. The van der Waals surface area contributed by atoms with Crippen LogP contribution in [0.3, 0.4) is 0 Å². The Morgan fingerprint density at radius 2 is 1.91 bits per heavy atom. The summed E-state index contributed by atoms with van der Waals surface area (Å²) in [6.07, 6.45) is 5.07. The molecule has 2 aromatic carbocycles. The van der Waals surface area contributed by atoms with Gasteiger partial charge in [-0.25, -0.2) is 4.39 Å². The Hall–Kier alpha value is -3.32. The van der Waals surface area contributed by atoms with E-state index in [-0.39, 0.29) is 29.6 Å². The van der Waals surface area contributed by atoms with Gasteiger partial charge in [-0.2, -0.15) is 0 Å². The largest absolute Gasteiger partial charge is 0.497 e. The normalized spacial score (nSPS) is 22.0. The average molecular weight is 478 g/mol. The monoisotopic (exact) mass is 477 g/mol. The number of nitrogens with one attached hydrogen (secondary N) is 1. The number of rotatable bonds is 8. The van der Waals surface area contributed by atoms with Crippen molar-refractivity contribution in [2.45, 2.75) is 38.4 Å². The molecule has 3 heterocycles. The first kappa shape index (κ1) is 23.4. The number of carbonyl (C=O) groups is 1. The summed E-state index contributed by atoms with van der Waals surface area (Å²) in [6.45, 7) is 6.07. The summed E-state index contributed by atoms with van der Waals surface area (Å²) in [6, 6.07) is 15.0. The maximum absolute atomic E-state index is 14.4. The minimum Gasteiger partial charge on any atom is -0.497 e. The van der Waals surface area contributed by atoms with Gasteiger partial charge < -0.3 is 19.4 Å². The van der Waals surface area contributed by atoms with Gasteiger partial charge in [0.05, 0.1) is 13.7 Å². The Labute approximate surface area is 205 Å². The number of likely N-dealkylation sites (tertiary alicyclic amines) is 1. The first-order valence-corrected chi connectivity index (χ1v) is 12.2. The second-order valence-electron chi connectivity index (χ2n) is 9.49. The molecule has 1 amide bonds. The third kappa shape index (κ3) is 5.05. The third-order valence-electron chi connectivity index (χ3n) is 7.52. The Morgan fingerprint density at radius 1 is 1.09 bits per heavy atom. The first-order valence-electron chi connectivity index (χ1n) is 12.2. The number of piperidine rings is 1. The van der Waals surface area contributed by atoms with Gasteiger partial charge in [-0.1, -0.05) is 6.07 Å². The highest BCUT2D eigenvalue weighted by Crippen LogP contribution is 2.39. The Kier molecular flexibility index (Phi) is 6.77. The molecule has 0 spiro atoms. The second-order valence-corrected chi connectivity index (χ2v) is 9.49. The van der Waals surface area contributed by atoms with Crippen LogP contribution in [0.2, 0.25) is 0 Å². The minimum absolute atomic E-state index is 0.0580. The standard InChI is InChI=1S/C28H32FN3O3/c1-19-27(18-35-23-6-5-20-17-30-28(33)26(20)16-23)25(21-13-22(29)15-24(14-21)34-2)7-10-32(19)12-11-31-8-3-4-9-31/h3-6,8-9,13-16,19,25,27H,7,10-12,17-18H2,1-2H3,(H,30,33). The van der Waals surface area contributed by atoms with Gasteiger partial charge in [0.2, 0.25) is 0 Å². The number of hydrogen-bond acceptors (Lipinski definition) is 4. The van der Waals surface area contributed by atoms with Crippen LogP contribution in [0, 0.1) is 11.7 Å². The van der Waals surface area contributed by atoms with Gasteiger partial charge >= 0.3 is 0 Å². The minimum atomic E-state index is -0.286. The number of ether oxygens (including phenoxy) is 2. The maximum Gasteiger partial charge on any atom is 0.252 e. The van der Waals surface area contributed by atoms with Crippen LogP contribution in [0.15, 0.2) is 60.9 Å². The summed E-state index contributed by atoms with van der Waals surface area (Å²) in [4.78, 5) is 14.6. The van der Waals surface area contributed by atoms with Crippen molar-refractivity contribution in [2.75, 3.05) is 26.8 Å². The molecular weight excluding hydrogens is 445 g/mol. The summed E-state index contributed by atoms with van der Waals surface area (Å²) in [5.41, 5.74) is 2.62. The summed E-state index contributed by atoms with van der Waals surface area (Å²) in [7, 11) is 1.57. The predicted molar refractivity (Wildman–Crippen MR) is 132 cm³/mol. The number of aromatic nitrogens is 1. The van der Waals surface area contributed by atoms with E-state index in [1.165, 1.54) is 6.07 Å². The van der Waals surface area contributed by atoms with Crippen LogP contribution >= 0.6 is 0 Å². The summed E-state index contributed by atoms with van der Waals surface area (Å²) in [5, 5.41) is 2.85. The molecule has 3 unspecified atom stereocenters. The molecule has 1 N–H and O–H groups in total. The first-order chi connectivity index (χ1) is 17.0. The molecule has 2 aliphatic rings. The Morgan fingerprint density at radius 3 is 2.71 bits per heavy atom. The Balaban J connectivity index is 1.37. The number of carbonyl (C=O) groups excluding carboxylic acids is 1. The zero-order valence-electron chi connectivity index (χ0n) is 20.2. The van der Waals surface area contributed by atoms with E-state index in [0.29, 0.717) is 30.2 Å². The van der Waals surface area contributed by atoms with Gasteiger partial charge in [0.15, 0.2) is 0 Å². The van der Waals surface area contributed by atoms with Gasteiger partial charge in [-0.3, -0.25) is 9.69 Å². The number of fused-ring (bicyclic) bond motifs is 1. The van der Waals surface area contributed by atoms with Gasteiger partial charge in [0.1, 0.15) is 17.3 Å². The smallest absolute Gasteiger partial charge is 0.252 e. The fourth-order valence-electron chi connectivity index (χ4n) is 5.47. The molecule has 1 saturated heterocycles. The fourth-order valence-corrected chi connectivity index (χ4v) is 5.47. The maximum atomic E-state index is 14.4. The van der Waals surface area contributed by atoms with Crippen LogP contribution in [0.5, 0.6) is 11.5 Å². The molecule has 0 bridgehead atoms. The van der Waals surface area contributed by atoms with E-state index in [1.807, 2.05) is 36.4 Å². The van der Waals surface area contributed by atoms with Crippen molar-refractivity contribution < 1.29 is 18.7 Å². The highest BCUT2D eigenvalue weighted by atomic mass is 19.1. The lowest BCUT2D eigenvalue weighted by molar-refractivity contribution is 0.0537. The van der Waals surface area contributed by atoms with E-state index >= 15 is 0 Å². The van der Waals surface area contributed by atoms with E-state index in [1.54, 1.807) is 13.2 Å². The highest BCUT2D eigenvalue weighted by Gasteiger charge is 2.37. The van der Waals surface area contributed by atoms with Crippen molar-refractivity contribution in [3.05, 3.63) is 83.4 Å². The molecule has 5 rings (SSSR count). The molecule has 7 heteroatoms. The number of halogens is 1. The lowest BCUT2D eigenvalue weighted by Crippen LogP contribution is -2.49. The molecule has 2 aliphatic heterocycles. The van der Waals surface area contributed by atoms with Crippen molar-refractivity contribution >= 4 is 5.91 Å². The molecule has 184 valence electrons. The van der Waals surface area contributed by atoms with E-state index in [0.717, 1.165) is 37.2 Å². The number of methoxy groups -OCH3 is 1. The number of amides is 1. The van der Waals surface area contributed by atoms with Crippen molar-refractivity contribution in [3.8, 4) is 11.5 Å². The SMILES string of the molecule is COc1cc(F)cc(C2CCN(CCn3cccc3)C(C)C2COc2ccc3c(c2)C(=O)NC3)c1. The molecule has 6 nitrogen and oxygen atoms in total. The predicted octanol–water partition coefficient (Wildman–Crippen LogP) is 4.45. The highest BCUT2D eigenvalue weighted by molar-refractivity contribution is 5.98. The van der Waals surface area contributed by atoms with E-state index in [9.17, 15) is 9.18 Å². The van der Waals surface area contributed by atoms with Crippen LogP contribution < -0.4 is 14.8 Å². The van der Waals surface area contributed by atoms with Crippen LogP contribution in [0.25, 0.3) is 0 Å². The number of nitrogens with zero attached hydrogens (tertiary/aromatic N) is 2. The summed E-state index contributed by atoms with van der Waals surface area (Å²) in [5.74, 6) is 1.15. The van der Waals surface area contributed by atoms with Crippen molar-refractivity contribution in [1.82, 2.24) is 14.8 Å². The molecule has 3 aromatic rings. The van der Waals surface area contributed by atoms with E-state index < -0.39 is 0 Å². The van der Waals surface area contributed by atoms with Crippen molar-refractivity contribution in [3.63, 3.8) is 0 Å². The molecule has 1 fully saturated rings. The zero-order chi connectivity index (χ0) is 24.4. The molecule has 0 radical (unpaired) electrons. The third-order valence-corrected chi connectivity index (χ3v) is 7.52. The van der Waals surface area contributed by atoms with Crippen LogP contribution in [0.4, 0.5) is 4.39 Å². The van der Waals surface area contributed by atoms with E-state index in [2.05, 4.69) is 34.1 Å². The molecule has 0 aliphatic carbocycles. The molecular formula is C28H32FN3O3. The van der Waals surface area contributed by atoms with Crippen LogP contribution in [0.1, 0.15) is 40.7 Å². The lowest BCUT2D eigenvalue weighted by Gasteiger charge is -2.44. The average Bonchev–Trinajstić information content (AvgIpc) is 3.52. The molecule has 35 heavy (non-hydrogen) atoms. The van der Waals surface area contributed by atoms with Gasteiger partial charge in [0, 0.05) is 55.6 Å². The number of benzene rings is 2. The molecule has 3 atom stereocenters. The topological polar surface area (TPSA) is 55.7 Å². The zero-order valence-corrected chi connectivity index (χ0v) is 20.2. The van der Waals surface area contributed by atoms with Crippen molar-refractivity contribution in [1.29, 1.82) is 0 Å². The van der Waals surface area contributed by atoms with Crippen molar-refractivity contribution in [2.24, 2.45) is 5.92 Å². The number of hydrogen-bond donors (Lipinski definition) is 1. The lowest BCUT2D eigenvalue weighted by atomic mass is 9.76. The van der Waals surface area contributed by atoms with Crippen LogP contribution in [-0.4, -0.2) is 48.2 Å². The van der Waals surface area contributed by atoms with E-state index in [4.69, 9.17) is 9.47 Å². The van der Waals surface area contributed by atoms with Gasteiger partial charge in [-0.05, 0) is 73.3 Å². The Bertz CT molecular complexity index is 1180. The molecule has 1 aromatic heterocycles.